The van der Waals surface area contributed by atoms with Gasteiger partial charge in [0.05, 0.1) is 11.0 Å². The average Bonchev–Trinajstić information content (AvgIpc) is 1.59. The van der Waals surface area contributed by atoms with E-state index in [1.807, 2.05) is 122 Å². The first kappa shape index (κ1) is 59.2. The molecule has 6 aromatic heterocycles. The summed E-state index contributed by atoms with van der Waals surface area (Å²) >= 11 is 0. The Balaban J connectivity index is 0.000000152. The van der Waals surface area contributed by atoms with E-state index in [1.54, 1.807) is 0 Å². The predicted octanol–water partition coefficient (Wildman–Crippen LogP) is 21.2. The average molecular weight is 1570 g/mol. The van der Waals surface area contributed by atoms with Gasteiger partial charge in [-0.1, -0.05) is 204 Å². The van der Waals surface area contributed by atoms with Crippen molar-refractivity contribution in [3.8, 4) is 101 Å². The van der Waals surface area contributed by atoms with E-state index in [0.717, 1.165) is 144 Å². The van der Waals surface area contributed by atoms with E-state index < -0.39 is 0 Å². The molecule has 0 fully saturated rings. The minimum absolute atomic E-state index is 0. The van der Waals surface area contributed by atoms with Crippen LogP contribution in [0.4, 0.5) is 0 Å². The van der Waals surface area contributed by atoms with E-state index in [-0.39, 0.29) is 42.1 Å². The van der Waals surface area contributed by atoms with Crippen LogP contribution in [0.15, 0.2) is 312 Å². The predicted molar refractivity (Wildman–Crippen MR) is 371 cm³/mol. The number of rotatable bonds is 10. The summed E-state index contributed by atoms with van der Waals surface area (Å²) in [5, 5.41) is 4.47. The zero-order valence-electron chi connectivity index (χ0n) is 50.0. The molecule has 0 saturated heterocycles. The van der Waals surface area contributed by atoms with Crippen molar-refractivity contribution in [3.05, 3.63) is 328 Å². The number of hydrogen-bond acceptors (Lipinski definition) is 6. The van der Waals surface area contributed by atoms with Gasteiger partial charge < -0.3 is 27.9 Å². The van der Waals surface area contributed by atoms with E-state index in [4.69, 9.17) is 18.8 Å². The van der Waals surface area contributed by atoms with Crippen LogP contribution in [0.2, 0.25) is 0 Å². The van der Waals surface area contributed by atoms with E-state index in [9.17, 15) is 0 Å². The molecule has 0 aliphatic heterocycles. The summed E-state index contributed by atoms with van der Waals surface area (Å²) < 4.78 is 17.1. The minimum atomic E-state index is 0. The van der Waals surface area contributed by atoms with Crippen molar-refractivity contribution in [2.45, 2.75) is 0 Å². The number of hydrogen-bond donors (Lipinski definition) is 0. The van der Waals surface area contributed by atoms with Gasteiger partial charge in [-0.15, -0.1) is 96.1 Å². The summed E-state index contributed by atoms with van der Waals surface area (Å²) in [6, 6.07) is 115. The zero-order valence-corrected chi connectivity index (χ0v) is 54.5. The number of aromatic nitrogens is 6. The summed E-state index contributed by atoms with van der Waals surface area (Å²) in [4.78, 5) is 18.9. The van der Waals surface area contributed by atoms with E-state index in [1.165, 1.54) is 11.1 Å². The van der Waals surface area contributed by atoms with Gasteiger partial charge in [0.15, 0.2) is 0 Å². The van der Waals surface area contributed by atoms with E-state index in [0.29, 0.717) is 11.8 Å². The first-order chi connectivity index (χ1) is 45.6. The molecule has 8 nitrogen and oxygen atoms in total. The molecule has 0 atom stereocenters. The molecule has 0 N–H and O–H groups in total. The summed E-state index contributed by atoms with van der Waals surface area (Å²) in [5.41, 5.74) is 23.3. The number of fused-ring (bicyclic) bond motifs is 8. The fourth-order valence-corrected chi connectivity index (χ4v) is 12.5. The Hall–Kier alpha value is -11.1. The van der Waals surface area contributed by atoms with Crippen molar-refractivity contribution < 1.29 is 51.0 Å². The quantitative estimate of drug-likeness (QED) is 0.127. The minimum Gasteiger partial charge on any atom is -0.481 e. The Bertz CT molecular complexity index is 5400. The molecule has 0 amide bonds. The van der Waals surface area contributed by atoms with Crippen molar-refractivity contribution in [2.24, 2.45) is 0 Å². The van der Waals surface area contributed by atoms with E-state index in [2.05, 4.69) is 225 Å². The molecule has 0 radical (unpaired) electrons. The molecule has 0 saturated carbocycles. The smallest absolute Gasteiger partial charge is 0.481 e. The standard InChI is InChI=1S/2C42H25N3O.2Pt/c1-3-10-28(11-4-1)30-19-22-39-36(25-30)35-20-17-33(42-44-38-21-18-31(27-41(38)46-42)29-12-5-2-6-13-29)26-40(35)45(39)34-15-9-14-32(24-34)37-16-7-8-23-43-37;1-3-10-28(11-4-1)30-18-21-39-36(25-30)35-20-17-33(42-44-38-26-31(19-22-41(38)46-42)29-12-5-2-6-13-29)27-40(35)45(39)34-15-9-14-32(24-34)37-16-7-8-23-43-37;;/h1-23,25,27H;1-23,25-26H;;/q2*-2;2*+2. The van der Waals surface area contributed by atoms with Crippen LogP contribution in [0, 0.1) is 24.3 Å². The summed E-state index contributed by atoms with van der Waals surface area (Å²) in [5.74, 6) is 1.07. The van der Waals surface area contributed by atoms with Gasteiger partial charge >= 0.3 is 42.1 Å². The third-order valence-corrected chi connectivity index (χ3v) is 16.9. The molecule has 6 heterocycles. The maximum atomic E-state index is 6.37. The van der Waals surface area contributed by atoms with Gasteiger partial charge in [0.2, 0.25) is 0 Å². The molecule has 10 heteroatoms. The van der Waals surface area contributed by atoms with Gasteiger partial charge in [0, 0.05) is 23.4 Å². The summed E-state index contributed by atoms with van der Waals surface area (Å²) in [7, 11) is 0. The number of nitrogens with zero attached hydrogens (tertiary/aromatic N) is 6. The summed E-state index contributed by atoms with van der Waals surface area (Å²) in [6.07, 6.45) is 3.62. The van der Waals surface area contributed by atoms with Crippen LogP contribution < -0.4 is 0 Å². The normalized spacial score (nSPS) is 11.2. The fraction of sp³-hybridized carbons (Fsp3) is 0. The Morgan fingerprint density at radius 1 is 0.277 bits per heavy atom. The Kier molecular flexibility index (Phi) is 16.1. The molecular formula is C84H50N6O2Pt2. The van der Waals surface area contributed by atoms with E-state index >= 15 is 0 Å². The van der Waals surface area contributed by atoms with Crippen LogP contribution in [0.5, 0.6) is 0 Å². The maximum Gasteiger partial charge on any atom is 2.00 e. The third kappa shape index (κ3) is 11.2. The van der Waals surface area contributed by atoms with Crippen molar-refractivity contribution in [1.82, 2.24) is 29.1 Å². The molecule has 18 aromatic rings. The van der Waals surface area contributed by atoms with Gasteiger partial charge in [-0.05, 0) is 138 Å². The molecule has 448 valence electrons. The van der Waals surface area contributed by atoms with Crippen LogP contribution in [0.1, 0.15) is 0 Å². The second-order valence-corrected chi connectivity index (χ2v) is 22.6. The first-order valence-corrected chi connectivity index (χ1v) is 30.5. The number of benzene rings is 12. The molecule has 0 spiro atoms. The van der Waals surface area contributed by atoms with Crippen molar-refractivity contribution in [3.63, 3.8) is 0 Å². The van der Waals surface area contributed by atoms with Crippen molar-refractivity contribution in [2.75, 3.05) is 0 Å². The van der Waals surface area contributed by atoms with Gasteiger partial charge in [-0.3, -0.25) is 9.97 Å². The Morgan fingerprint density at radius 2 is 0.691 bits per heavy atom. The number of pyridine rings is 2. The van der Waals surface area contributed by atoms with Gasteiger partial charge in [-0.25, -0.2) is 0 Å². The third-order valence-electron chi connectivity index (χ3n) is 16.9. The molecular weight excluding hydrogens is 1520 g/mol. The largest absolute Gasteiger partial charge is 2.00 e. The Morgan fingerprint density at radius 3 is 1.16 bits per heavy atom. The zero-order chi connectivity index (χ0) is 60.9. The SMILES string of the molecule is [Pt+2].[Pt+2].[c-]1c(-c2ccccn2)cccc1-n1c2[c-]c(-c3nc4cc(-c5ccccc5)ccc4o3)ccc2c2cc(-c3ccccc3)ccc21.[c-]1c(-c2ccccn2)cccc1-n1c2[c-]c(-c3nc4ccc(-c5ccccc5)cc4o3)ccc2c2cc(-c3ccccc3)ccc21. The second-order valence-electron chi connectivity index (χ2n) is 22.6. The fourth-order valence-electron chi connectivity index (χ4n) is 12.5. The van der Waals surface area contributed by atoms with Gasteiger partial charge in [-0.2, -0.15) is 0 Å². The van der Waals surface area contributed by atoms with Crippen LogP contribution in [-0.4, -0.2) is 29.1 Å². The summed E-state index contributed by atoms with van der Waals surface area (Å²) in [6.45, 7) is 0. The molecule has 12 aromatic carbocycles. The second kappa shape index (κ2) is 25.5. The number of oxazole rings is 2. The van der Waals surface area contributed by atoms with Crippen LogP contribution in [-0.2, 0) is 42.1 Å². The van der Waals surface area contributed by atoms with Crippen LogP contribution in [0.3, 0.4) is 0 Å². The molecule has 18 rings (SSSR count). The molecule has 0 bridgehead atoms. The van der Waals surface area contributed by atoms with Gasteiger partial charge in [0.25, 0.3) is 0 Å². The molecule has 0 aliphatic carbocycles. The maximum absolute atomic E-state index is 6.37. The topological polar surface area (TPSA) is 87.7 Å². The monoisotopic (exact) mass is 1560 g/mol. The van der Waals surface area contributed by atoms with Crippen molar-refractivity contribution in [1.29, 1.82) is 0 Å². The van der Waals surface area contributed by atoms with Crippen LogP contribution in [0.25, 0.3) is 167 Å². The molecule has 0 unspecified atom stereocenters. The molecule has 94 heavy (non-hydrogen) atoms. The van der Waals surface area contributed by atoms with Gasteiger partial charge in [0.1, 0.15) is 22.9 Å². The molecule has 0 aliphatic rings. The Labute approximate surface area is 570 Å². The first-order valence-electron chi connectivity index (χ1n) is 30.5. The van der Waals surface area contributed by atoms with Crippen molar-refractivity contribution >= 4 is 65.8 Å². The van der Waals surface area contributed by atoms with Crippen LogP contribution >= 0.6 is 0 Å².